The Hall–Kier alpha value is -7.62. The Labute approximate surface area is 329 Å². The first-order chi connectivity index (χ1) is 28.3. The van der Waals surface area contributed by atoms with Crippen molar-refractivity contribution in [3.8, 4) is 39.3 Å². The fourth-order valence-corrected chi connectivity index (χ4v) is 9.47. The Kier molecular flexibility index (Phi) is 6.93. The Morgan fingerprint density at radius 1 is 0.263 bits per heavy atom. The van der Waals surface area contributed by atoms with Crippen LogP contribution in [0.2, 0.25) is 0 Å². The van der Waals surface area contributed by atoms with Gasteiger partial charge in [-0.2, -0.15) is 0 Å². The molecule has 0 spiro atoms. The van der Waals surface area contributed by atoms with Gasteiger partial charge in [0.25, 0.3) is 0 Å². The minimum atomic E-state index is 1.14. The third kappa shape index (κ3) is 4.66. The van der Waals surface area contributed by atoms with Crippen LogP contribution in [0.3, 0.4) is 0 Å². The molecule has 266 valence electrons. The summed E-state index contributed by atoms with van der Waals surface area (Å²) in [6.45, 7) is 0. The van der Waals surface area contributed by atoms with Crippen LogP contribution in [0.4, 0.5) is 0 Å². The van der Waals surface area contributed by atoms with Crippen LogP contribution in [0.5, 0.6) is 0 Å². The summed E-state index contributed by atoms with van der Waals surface area (Å²) >= 11 is 0. The molecule has 9 aromatic carbocycles. The monoisotopic (exact) mass is 725 g/mol. The Balaban J connectivity index is 1.22. The molecule has 3 aromatic heterocycles. The van der Waals surface area contributed by atoms with E-state index < -0.39 is 0 Å². The average Bonchev–Trinajstić information content (AvgIpc) is 3.93. The fourth-order valence-electron chi connectivity index (χ4n) is 9.47. The van der Waals surface area contributed by atoms with Crippen molar-refractivity contribution in [2.75, 3.05) is 0 Å². The molecule has 12 rings (SSSR count). The second-order valence-electron chi connectivity index (χ2n) is 14.9. The van der Waals surface area contributed by atoms with Crippen LogP contribution in [0.15, 0.2) is 212 Å². The number of benzene rings is 9. The third-order valence-corrected chi connectivity index (χ3v) is 11.8. The summed E-state index contributed by atoms with van der Waals surface area (Å²) in [5, 5.41) is 7.51. The first-order valence-corrected chi connectivity index (χ1v) is 19.6. The molecule has 0 aliphatic heterocycles. The standard InChI is InChI=1S/C54H35N3/c1-4-17-36(18-5-1)37-31-32-45-51(35-37)57(50-34-33-49-52(53(45)50)44-25-12-15-30-48(44)55(49)38-19-6-2-7-20-38)47-29-14-11-24-41(47)43-27-16-26-42-40-23-10-13-28-46(40)56(54(42)43)39-21-8-3-9-22-39/h1-35H. The van der Waals surface area contributed by atoms with E-state index in [0.717, 1.165) is 17.1 Å². The molecule has 0 aliphatic rings. The highest BCUT2D eigenvalue weighted by Crippen LogP contribution is 2.46. The van der Waals surface area contributed by atoms with Gasteiger partial charge < -0.3 is 13.7 Å². The zero-order valence-corrected chi connectivity index (χ0v) is 31.0. The normalized spacial score (nSPS) is 11.9. The molecule has 0 atom stereocenters. The van der Waals surface area contributed by atoms with Gasteiger partial charge in [0.1, 0.15) is 0 Å². The van der Waals surface area contributed by atoms with Crippen LogP contribution in [0, 0.1) is 0 Å². The van der Waals surface area contributed by atoms with Crippen LogP contribution in [-0.2, 0) is 0 Å². The summed E-state index contributed by atoms with van der Waals surface area (Å²) in [5.74, 6) is 0. The van der Waals surface area contributed by atoms with Crippen molar-refractivity contribution in [3.63, 3.8) is 0 Å². The van der Waals surface area contributed by atoms with Gasteiger partial charge in [-0.05, 0) is 71.8 Å². The van der Waals surface area contributed by atoms with Gasteiger partial charge in [0, 0.05) is 54.8 Å². The minimum Gasteiger partial charge on any atom is -0.309 e. The second kappa shape index (κ2) is 12.5. The maximum Gasteiger partial charge on any atom is 0.0620 e. The van der Waals surface area contributed by atoms with Crippen molar-refractivity contribution in [3.05, 3.63) is 212 Å². The zero-order valence-electron chi connectivity index (χ0n) is 31.0. The summed E-state index contributed by atoms with van der Waals surface area (Å²) in [4.78, 5) is 0. The molecule has 12 aromatic rings. The average molecular weight is 726 g/mol. The first-order valence-electron chi connectivity index (χ1n) is 19.6. The summed E-state index contributed by atoms with van der Waals surface area (Å²) in [7, 11) is 0. The Morgan fingerprint density at radius 3 is 1.53 bits per heavy atom. The second-order valence-corrected chi connectivity index (χ2v) is 14.9. The van der Waals surface area contributed by atoms with Crippen molar-refractivity contribution in [1.29, 1.82) is 0 Å². The molecule has 0 amide bonds. The van der Waals surface area contributed by atoms with Crippen molar-refractivity contribution < 1.29 is 0 Å². The lowest BCUT2D eigenvalue weighted by Crippen LogP contribution is -2.00. The lowest BCUT2D eigenvalue weighted by Gasteiger charge is -2.17. The zero-order chi connectivity index (χ0) is 37.5. The van der Waals surface area contributed by atoms with E-state index in [2.05, 4.69) is 226 Å². The molecule has 0 unspecified atom stereocenters. The van der Waals surface area contributed by atoms with Gasteiger partial charge in [0.2, 0.25) is 0 Å². The molecule has 3 heteroatoms. The van der Waals surface area contributed by atoms with E-state index in [1.165, 1.54) is 87.7 Å². The van der Waals surface area contributed by atoms with Gasteiger partial charge in [0.15, 0.2) is 0 Å². The molecule has 0 fully saturated rings. The largest absolute Gasteiger partial charge is 0.309 e. The third-order valence-electron chi connectivity index (χ3n) is 11.8. The smallest absolute Gasteiger partial charge is 0.0620 e. The van der Waals surface area contributed by atoms with Crippen LogP contribution in [0.25, 0.3) is 105 Å². The Bertz CT molecular complexity index is 3500. The quantitative estimate of drug-likeness (QED) is 0.168. The van der Waals surface area contributed by atoms with E-state index in [9.17, 15) is 0 Å². The van der Waals surface area contributed by atoms with Gasteiger partial charge in [-0.3, -0.25) is 0 Å². The molecule has 0 radical (unpaired) electrons. The highest BCUT2D eigenvalue weighted by atomic mass is 15.0. The van der Waals surface area contributed by atoms with Gasteiger partial charge in [-0.25, -0.2) is 0 Å². The van der Waals surface area contributed by atoms with E-state index in [4.69, 9.17) is 0 Å². The summed E-state index contributed by atoms with van der Waals surface area (Å²) < 4.78 is 7.38. The molecule has 57 heavy (non-hydrogen) atoms. The summed E-state index contributed by atoms with van der Waals surface area (Å²) in [5.41, 5.74) is 15.4. The van der Waals surface area contributed by atoms with Crippen LogP contribution in [-0.4, -0.2) is 13.7 Å². The highest BCUT2D eigenvalue weighted by Gasteiger charge is 2.24. The molecular weight excluding hydrogens is 691 g/mol. The van der Waals surface area contributed by atoms with Crippen LogP contribution in [0.1, 0.15) is 0 Å². The van der Waals surface area contributed by atoms with E-state index >= 15 is 0 Å². The number of aromatic nitrogens is 3. The Morgan fingerprint density at radius 2 is 0.789 bits per heavy atom. The van der Waals surface area contributed by atoms with Crippen LogP contribution >= 0.6 is 0 Å². The van der Waals surface area contributed by atoms with Gasteiger partial charge in [0.05, 0.1) is 38.8 Å². The van der Waals surface area contributed by atoms with E-state index in [1.807, 2.05) is 0 Å². The van der Waals surface area contributed by atoms with Crippen LogP contribution < -0.4 is 0 Å². The number of rotatable bonds is 5. The predicted octanol–water partition coefficient (Wildman–Crippen LogP) is 14.3. The molecule has 0 saturated carbocycles. The van der Waals surface area contributed by atoms with Gasteiger partial charge in [-0.1, -0.05) is 152 Å². The lowest BCUT2D eigenvalue weighted by atomic mass is 9.99. The SMILES string of the molecule is c1ccc(-c2ccc3c4c5c6ccccc6n(-c6ccccc6)c5ccc4n(-c4ccccc4-c4cccc5c6ccccc6n(-c6ccccc6)c45)c3c2)cc1. The van der Waals surface area contributed by atoms with E-state index in [1.54, 1.807) is 0 Å². The van der Waals surface area contributed by atoms with Crippen molar-refractivity contribution in [1.82, 2.24) is 13.7 Å². The molecular formula is C54H35N3. The van der Waals surface area contributed by atoms with Gasteiger partial charge >= 0.3 is 0 Å². The van der Waals surface area contributed by atoms with Crippen molar-refractivity contribution >= 4 is 65.4 Å². The van der Waals surface area contributed by atoms with E-state index in [0.29, 0.717) is 0 Å². The summed E-state index contributed by atoms with van der Waals surface area (Å²) in [6.07, 6.45) is 0. The van der Waals surface area contributed by atoms with Crippen molar-refractivity contribution in [2.45, 2.75) is 0 Å². The molecule has 0 aliphatic carbocycles. The topological polar surface area (TPSA) is 14.8 Å². The molecule has 0 N–H and O–H groups in total. The van der Waals surface area contributed by atoms with E-state index in [-0.39, 0.29) is 0 Å². The molecule has 0 saturated heterocycles. The predicted molar refractivity (Wildman–Crippen MR) is 240 cm³/mol. The van der Waals surface area contributed by atoms with Gasteiger partial charge in [-0.15, -0.1) is 0 Å². The summed E-state index contributed by atoms with van der Waals surface area (Å²) in [6, 6.07) is 77.4. The lowest BCUT2D eigenvalue weighted by molar-refractivity contribution is 1.17. The fraction of sp³-hybridized carbons (Fsp3) is 0. The number of hydrogen-bond acceptors (Lipinski definition) is 0. The first kappa shape index (κ1) is 31.7. The maximum absolute atomic E-state index is 2.52. The minimum absolute atomic E-state index is 1.14. The number of para-hydroxylation sites is 6. The molecule has 3 nitrogen and oxygen atoms in total. The maximum atomic E-state index is 2.52. The molecule has 0 bridgehead atoms. The number of nitrogens with zero attached hydrogens (tertiary/aromatic N) is 3. The molecule has 3 heterocycles. The highest BCUT2D eigenvalue weighted by molar-refractivity contribution is 6.29. The number of fused-ring (bicyclic) bond motifs is 10. The van der Waals surface area contributed by atoms with Crippen molar-refractivity contribution in [2.24, 2.45) is 0 Å². The number of hydrogen-bond donors (Lipinski definition) is 0.